The summed E-state index contributed by atoms with van der Waals surface area (Å²) in [5, 5.41) is 2.27. The Morgan fingerprint density at radius 1 is 1.15 bits per heavy atom. The molecule has 0 saturated carbocycles. The zero-order chi connectivity index (χ0) is 19.4. The van der Waals surface area contributed by atoms with E-state index < -0.39 is 17.0 Å². The van der Waals surface area contributed by atoms with Crippen LogP contribution in [-0.2, 0) is 4.79 Å². The molecule has 0 aliphatic carbocycles. The van der Waals surface area contributed by atoms with E-state index in [1.54, 1.807) is 24.3 Å². The monoisotopic (exact) mass is 384 g/mol. The first-order valence-electron chi connectivity index (χ1n) is 8.31. The van der Waals surface area contributed by atoms with E-state index >= 15 is 0 Å². The summed E-state index contributed by atoms with van der Waals surface area (Å²) in [4.78, 5) is 37.9. The van der Waals surface area contributed by atoms with Gasteiger partial charge >= 0.3 is 0 Å². The third-order valence-electron chi connectivity index (χ3n) is 4.08. The third-order valence-corrected chi connectivity index (χ3v) is 4.98. The summed E-state index contributed by atoms with van der Waals surface area (Å²) >= 11 is 0.762. The molecule has 7 heteroatoms. The second-order valence-corrected chi connectivity index (χ2v) is 6.92. The molecule has 1 aliphatic rings. The molecule has 0 spiro atoms. The van der Waals surface area contributed by atoms with Gasteiger partial charge in [-0.1, -0.05) is 36.4 Å². The summed E-state index contributed by atoms with van der Waals surface area (Å²) in [6, 6.07) is 13.2. The number of rotatable bonds is 5. The molecule has 0 bridgehead atoms. The van der Waals surface area contributed by atoms with Crippen molar-refractivity contribution in [2.45, 2.75) is 6.92 Å². The quantitative estimate of drug-likeness (QED) is 0.800. The second kappa shape index (κ2) is 8.18. The molecule has 2 aromatic carbocycles. The van der Waals surface area contributed by atoms with Crippen molar-refractivity contribution < 1.29 is 18.8 Å². The Bertz CT molecular complexity index is 942. The highest BCUT2D eigenvalue weighted by Crippen LogP contribution is 2.32. The van der Waals surface area contributed by atoms with E-state index in [2.05, 4.69) is 5.32 Å². The van der Waals surface area contributed by atoms with Crippen LogP contribution in [0.15, 0.2) is 53.4 Å². The summed E-state index contributed by atoms with van der Waals surface area (Å²) in [5.41, 5.74) is 1.64. The lowest BCUT2D eigenvalue weighted by Crippen LogP contribution is -2.37. The summed E-state index contributed by atoms with van der Waals surface area (Å²) in [6.45, 7) is 2.02. The van der Waals surface area contributed by atoms with Crippen molar-refractivity contribution in [1.29, 1.82) is 0 Å². The number of carbonyl (C=O) groups excluding carboxylic acids is 3. The molecule has 5 nitrogen and oxygen atoms in total. The van der Waals surface area contributed by atoms with Crippen molar-refractivity contribution >= 4 is 34.9 Å². The number of amides is 3. The van der Waals surface area contributed by atoms with E-state index in [1.807, 2.05) is 19.1 Å². The first kappa shape index (κ1) is 18.8. The number of hydrogen-bond donors (Lipinski definition) is 1. The molecule has 1 N–H and O–H groups in total. The van der Waals surface area contributed by atoms with Gasteiger partial charge in [-0.15, -0.1) is 0 Å². The Labute approximate surface area is 160 Å². The fourth-order valence-corrected chi connectivity index (χ4v) is 3.49. The van der Waals surface area contributed by atoms with Gasteiger partial charge in [0.25, 0.3) is 17.1 Å². The van der Waals surface area contributed by atoms with E-state index in [0.29, 0.717) is 5.56 Å². The van der Waals surface area contributed by atoms with Crippen LogP contribution in [0, 0.1) is 12.7 Å². The molecule has 1 saturated heterocycles. The maximum atomic E-state index is 13.7. The number of carbonyl (C=O) groups is 3. The number of benzene rings is 2. The van der Waals surface area contributed by atoms with Gasteiger partial charge in [0.1, 0.15) is 5.82 Å². The van der Waals surface area contributed by atoms with Crippen molar-refractivity contribution in [2.24, 2.45) is 0 Å². The minimum Gasteiger partial charge on any atom is -0.350 e. The van der Waals surface area contributed by atoms with Gasteiger partial charge in [-0.25, -0.2) is 4.39 Å². The molecule has 3 rings (SSSR count). The number of nitrogens with one attached hydrogen (secondary N) is 1. The predicted molar refractivity (Wildman–Crippen MR) is 103 cm³/mol. The molecule has 2 aromatic rings. The van der Waals surface area contributed by atoms with Crippen molar-refractivity contribution in [3.63, 3.8) is 0 Å². The molecule has 1 aliphatic heterocycles. The largest absolute Gasteiger partial charge is 0.350 e. The number of aryl methyl sites for hydroxylation is 1. The number of nitrogens with zero attached hydrogens (tertiary/aromatic N) is 1. The summed E-state index contributed by atoms with van der Waals surface area (Å²) in [6.07, 6.45) is 1.37. The van der Waals surface area contributed by atoms with Crippen LogP contribution >= 0.6 is 11.8 Å². The molecule has 1 heterocycles. The van der Waals surface area contributed by atoms with E-state index in [4.69, 9.17) is 0 Å². The van der Waals surface area contributed by atoms with Gasteiger partial charge in [-0.05, 0) is 42.5 Å². The lowest BCUT2D eigenvalue weighted by molar-refractivity contribution is -0.122. The molecule has 0 unspecified atom stereocenters. The maximum absolute atomic E-state index is 13.7. The minimum absolute atomic E-state index is 0.0525. The Kier molecular flexibility index (Phi) is 5.71. The van der Waals surface area contributed by atoms with Crippen LogP contribution in [0.3, 0.4) is 0 Å². The highest BCUT2D eigenvalue weighted by molar-refractivity contribution is 8.18. The summed E-state index contributed by atoms with van der Waals surface area (Å²) < 4.78 is 13.7. The fraction of sp³-hybridized carbons (Fsp3) is 0.150. The van der Waals surface area contributed by atoms with Crippen LogP contribution < -0.4 is 5.32 Å². The molecular weight excluding hydrogens is 367 g/mol. The van der Waals surface area contributed by atoms with E-state index in [1.165, 1.54) is 18.2 Å². The van der Waals surface area contributed by atoms with E-state index in [9.17, 15) is 18.8 Å². The zero-order valence-electron chi connectivity index (χ0n) is 14.6. The van der Waals surface area contributed by atoms with Gasteiger partial charge in [0.2, 0.25) is 0 Å². The molecule has 138 valence electrons. The Balaban J connectivity index is 1.62. The Hall–Kier alpha value is -2.93. The fourth-order valence-electron chi connectivity index (χ4n) is 2.63. The van der Waals surface area contributed by atoms with Gasteiger partial charge in [-0.3, -0.25) is 19.3 Å². The van der Waals surface area contributed by atoms with Crippen molar-refractivity contribution in [1.82, 2.24) is 10.2 Å². The van der Waals surface area contributed by atoms with Gasteiger partial charge in [0, 0.05) is 24.2 Å². The normalized spacial score (nSPS) is 15.5. The van der Waals surface area contributed by atoms with Crippen LogP contribution in [0.25, 0.3) is 6.08 Å². The number of halogens is 1. The lowest BCUT2D eigenvalue weighted by atomic mass is 10.1. The van der Waals surface area contributed by atoms with Gasteiger partial charge in [-0.2, -0.15) is 0 Å². The van der Waals surface area contributed by atoms with Gasteiger partial charge in [0.05, 0.1) is 4.91 Å². The summed E-state index contributed by atoms with van der Waals surface area (Å²) in [5.74, 6) is -1.21. The number of imide groups is 1. The standard InChI is InChI=1S/C20H17FN2O3S/c1-13-6-2-4-8-15(13)18(24)22-10-11-23-19(25)17(27-20(23)26)12-14-7-3-5-9-16(14)21/h2-9,12H,10-11H2,1H3,(H,22,24)/b17-12-. The van der Waals surface area contributed by atoms with Crippen molar-refractivity contribution in [2.75, 3.05) is 13.1 Å². The number of thioether (sulfide) groups is 1. The van der Waals surface area contributed by atoms with Crippen LogP contribution in [0.1, 0.15) is 21.5 Å². The molecule has 3 amide bonds. The Morgan fingerprint density at radius 3 is 2.59 bits per heavy atom. The SMILES string of the molecule is Cc1ccccc1C(=O)NCCN1C(=O)S/C(=C\c2ccccc2F)C1=O. The van der Waals surface area contributed by atoms with Crippen molar-refractivity contribution in [3.8, 4) is 0 Å². The first-order chi connectivity index (χ1) is 13.0. The molecule has 0 aromatic heterocycles. The van der Waals surface area contributed by atoms with Crippen LogP contribution in [0.5, 0.6) is 0 Å². The van der Waals surface area contributed by atoms with Crippen LogP contribution in [0.2, 0.25) is 0 Å². The molecule has 0 radical (unpaired) electrons. The lowest BCUT2D eigenvalue weighted by Gasteiger charge is -2.13. The predicted octanol–water partition coefficient (Wildman–Crippen LogP) is 3.60. The first-order valence-corrected chi connectivity index (χ1v) is 9.13. The van der Waals surface area contributed by atoms with Gasteiger partial charge in [0.15, 0.2) is 0 Å². The third kappa shape index (κ3) is 4.25. The van der Waals surface area contributed by atoms with E-state index in [-0.39, 0.29) is 29.5 Å². The molecule has 0 atom stereocenters. The van der Waals surface area contributed by atoms with Gasteiger partial charge < -0.3 is 5.32 Å². The van der Waals surface area contributed by atoms with Crippen LogP contribution in [0.4, 0.5) is 9.18 Å². The van der Waals surface area contributed by atoms with Crippen molar-refractivity contribution in [3.05, 3.63) is 75.9 Å². The average Bonchev–Trinajstić information content (AvgIpc) is 2.91. The second-order valence-electron chi connectivity index (χ2n) is 5.93. The smallest absolute Gasteiger partial charge is 0.293 e. The Morgan fingerprint density at radius 2 is 1.85 bits per heavy atom. The van der Waals surface area contributed by atoms with E-state index in [0.717, 1.165) is 22.2 Å². The average molecular weight is 384 g/mol. The molecule has 1 fully saturated rings. The summed E-state index contributed by atoms with van der Waals surface area (Å²) in [7, 11) is 0. The molecular formula is C20H17FN2O3S. The topological polar surface area (TPSA) is 66.5 Å². The zero-order valence-corrected chi connectivity index (χ0v) is 15.4. The highest BCUT2D eigenvalue weighted by Gasteiger charge is 2.34. The minimum atomic E-state index is -0.488. The molecule has 27 heavy (non-hydrogen) atoms. The highest BCUT2D eigenvalue weighted by atomic mass is 32.2. The van der Waals surface area contributed by atoms with Crippen LogP contribution in [-0.4, -0.2) is 35.0 Å². The maximum Gasteiger partial charge on any atom is 0.293 e. The number of hydrogen-bond acceptors (Lipinski definition) is 4.